The first-order chi connectivity index (χ1) is 19.7. The van der Waals surface area contributed by atoms with Gasteiger partial charge >= 0.3 is 6.18 Å². The Bertz CT molecular complexity index is 1490. The molecule has 7 nitrogen and oxygen atoms in total. The lowest BCUT2D eigenvalue weighted by atomic mass is 9.99. The molecule has 1 aromatic carbocycles. The van der Waals surface area contributed by atoms with E-state index in [0.717, 1.165) is 30.8 Å². The number of anilines is 2. The third-order valence-corrected chi connectivity index (χ3v) is 7.02. The number of rotatable bonds is 4. The number of hydrogen-bond acceptors (Lipinski definition) is 6. The Morgan fingerprint density at radius 3 is 2.51 bits per heavy atom. The van der Waals surface area contributed by atoms with Crippen molar-refractivity contribution in [1.82, 2.24) is 9.97 Å². The highest BCUT2D eigenvalue weighted by atomic mass is 19.4. The highest BCUT2D eigenvalue weighted by Crippen LogP contribution is 2.33. The standard InChI is InChI=1S/C30H28F4N4O3/c1-19-14-24(31)26(37-29(39)21-4-7-35-28(16-21)30(32,33)34)17-23(19)22-15-27(38-8-12-41-13-9-38)25(36-18-22)3-2-20-5-10-40-11-6-20/h4,7,14-18,20H,5-6,8-13H2,1H3,(H,37,39). The number of halogens is 4. The maximum absolute atomic E-state index is 14.9. The van der Waals surface area contributed by atoms with Crippen LogP contribution in [0.4, 0.5) is 28.9 Å². The Morgan fingerprint density at radius 2 is 1.78 bits per heavy atom. The van der Waals surface area contributed by atoms with Gasteiger partial charge in [-0.25, -0.2) is 9.37 Å². The number of pyridine rings is 2. The fourth-order valence-electron chi connectivity index (χ4n) is 4.76. The molecule has 1 N–H and O–H groups in total. The minimum atomic E-state index is -4.72. The van der Waals surface area contributed by atoms with E-state index in [1.807, 2.05) is 6.07 Å². The number of alkyl halides is 3. The maximum atomic E-state index is 14.9. The van der Waals surface area contributed by atoms with E-state index in [9.17, 15) is 22.4 Å². The quantitative estimate of drug-likeness (QED) is 0.332. The second-order valence-electron chi connectivity index (χ2n) is 9.88. The number of aryl methyl sites for hydroxylation is 1. The molecule has 4 heterocycles. The Labute approximate surface area is 234 Å². The molecule has 1 amide bonds. The molecular weight excluding hydrogens is 540 g/mol. The van der Waals surface area contributed by atoms with Gasteiger partial charge in [0, 0.05) is 55.7 Å². The molecule has 0 spiro atoms. The number of benzene rings is 1. The molecule has 2 aromatic heterocycles. The molecule has 2 fully saturated rings. The molecule has 2 aliphatic heterocycles. The lowest BCUT2D eigenvalue weighted by Crippen LogP contribution is -2.36. The van der Waals surface area contributed by atoms with Gasteiger partial charge in [-0.2, -0.15) is 13.2 Å². The van der Waals surface area contributed by atoms with Crippen LogP contribution in [-0.4, -0.2) is 55.4 Å². The predicted molar refractivity (Wildman–Crippen MR) is 145 cm³/mol. The third kappa shape index (κ3) is 6.84. The van der Waals surface area contributed by atoms with Gasteiger partial charge < -0.3 is 19.7 Å². The molecule has 3 aromatic rings. The van der Waals surface area contributed by atoms with Gasteiger partial charge in [0.25, 0.3) is 5.91 Å². The average molecular weight is 569 g/mol. The SMILES string of the molecule is Cc1cc(F)c(NC(=O)c2ccnc(C(F)(F)F)c2)cc1-c1cnc(C#CC2CCOCC2)c(N2CCOCC2)c1. The number of hydrogen-bond donors (Lipinski definition) is 1. The van der Waals surface area contributed by atoms with E-state index in [2.05, 4.69) is 32.0 Å². The van der Waals surface area contributed by atoms with E-state index in [1.165, 1.54) is 12.1 Å². The lowest BCUT2D eigenvalue weighted by Gasteiger charge is -2.29. The van der Waals surface area contributed by atoms with Crippen molar-refractivity contribution < 1.29 is 31.8 Å². The van der Waals surface area contributed by atoms with Crippen LogP contribution in [0.2, 0.25) is 0 Å². The summed E-state index contributed by atoms with van der Waals surface area (Å²) in [5.41, 5.74) is 1.67. The van der Waals surface area contributed by atoms with Gasteiger partial charge in [-0.1, -0.05) is 5.92 Å². The molecule has 0 saturated carbocycles. The molecule has 2 saturated heterocycles. The first-order valence-corrected chi connectivity index (χ1v) is 13.3. The van der Waals surface area contributed by atoms with Crippen LogP contribution in [0.3, 0.4) is 0 Å². The Kier molecular flexibility index (Phi) is 8.52. The van der Waals surface area contributed by atoms with Crippen LogP contribution in [0.25, 0.3) is 11.1 Å². The Morgan fingerprint density at radius 1 is 1.05 bits per heavy atom. The van der Waals surface area contributed by atoms with Gasteiger partial charge in [0.2, 0.25) is 0 Å². The number of amides is 1. The van der Waals surface area contributed by atoms with E-state index in [0.29, 0.717) is 68.0 Å². The molecular formula is C30H28F4N4O3. The zero-order chi connectivity index (χ0) is 29.0. The predicted octanol–water partition coefficient (Wildman–Crippen LogP) is 5.48. The molecule has 5 rings (SSSR count). The van der Waals surface area contributed by atoms with Crippen LogP contribution in [-0.2, 0) is 15.7 Å². The first-order valence-electron chi connectivity index (χ1n) is 13.3. The normalized spacial score (nSPS) is 16.2. The van der Waals surface area contributed by atoms with Crippen molar-refractivity contribution >= 4 is 17.3 Å². The summed E-state index contributed by atoms with van der Waals surface area (Å²) < 4.78 is 65.1. The van der Waals surface area contributed by atoms with Crippen molar-refractivity contribution in [2.75, 3.05) is 49.7 Å². The fraction of sp³-hybridized carbons (Fsp3) is 0.367. The summed E-state index contributed by atoms with van der Waals surface area (Å²) in [7, 11) is 0. The molecule has 41 heavy (non-hydrogen) atoms. The molecule has 11 heteroatoms. The van der Waals surface area contributed by atoms with Crippen LogP contribution in [0.5, 0.6) is 0 Å². The number of carbonyl (C=O) groups excluding carboxylic acids is 1. The molecule has 214 valence electrons. The van der Waals surface area contributed by atoms with Crippen molar-refractivity contribution in [3.63, 3.8) is 0 Å². The first kappa shape index (κ1) is 28.5. The van der Waals surface area contributed by atoms with Crippen LogP contribution >= 0.6 is 0 Å². The van der Waals surface area contributed by atoms with Crippen molar-refractivity contribution in [3.8, 4) is 23.0 Å². The highest BCUT2D eigenvalue weighted by molar-refractivity contribution is 6.04. The van der Waals surface area contributed by atoms with Gasteiger partial charge in [0.1, 0.15) is 17.2 Å². The topological polar surface area (TPSA) is 76.6 Å². The van der Waals surface area contributed by atoms with E-state index in [4.69, 9.17) is 9.47 Å². The number of ether oxygens (including phenoxy) is 2. The van der Waals surface area contributed by atoms with Crippen LogP contribution in [0.15, 0.2) is 42.7 Å². The third-order valence-electron chi connectivity index (χ3n) is 7.02. The number of morpholine rings is 1. The Balaban J connectivity index is 1.47. The fourth-order valence-corrected chi connectivity index (χ4v) is 4.76. The van der Waals surface area contributed by atoms with Crippen LogP contribution in [0.1, 0.15) is 40.2 Å². The van der Waals surface area contributed by atoms with Gasteiger partial charge in [0.05, 0.1) is 24.6 Å². The minimum Gasteiger partial charge on any atom is -0.381 e. The van der Waals surface area contributed by atoms with Crippen molar-refractivity contribution in [2.24, 2.45) is 5.92 Å². The van der Waals surface area contributed by atoms with Crippen LogP contribution < -0.4 is 10.2 Å². The van der Waals surface area contributed by atoms with E-state index < -0.39 is 23.6 Å². The summed E-state index contributed by atoms with van der Waals surface area (Å²) in [6.07, 6.45) is -0.427. The lowest BCUT2D eigenvalue weighted by molar-refractivity contribution is -0.141. The summed E-state index contributed by atoms with van der Waals surface area (Å²) >= 11 is 0. The number of nitrogens with one attached hydrogen (secondary N) is 1. The van der Waals surface area contributed by atoms with Gasteiger partial charge in [-0.05, 0) is 67.1 Å². The summed E-state index contributed by atoms with van der Waals surface area (Å²) in [6, 6.07) is 6.43. The second-order valence-corrected chi connectivity index (χ2v) is 9.88. The molecule has 0 atom stereocenters. The van der Waals surface area contributed by atoms with E-state index in [1.54, 1.807) is 13.1 Å². The largest absolute Gasteiger partial charge is 0.433 e. The second kappa shape index (κ2) is 12.2. The van der Waals surface area contributed by atoms with Crippen molar-refractivity contribution in [1.29, 1.82) is 0 Å². The average Bonchev–Trinajstić information content (AvgIpc) is 2.98. The summed E-state index contributed by atoms with van der Waals surface area (Å²) in [5.74, 6) is 5.21. The monoisotopic (exact) mass is 568 g/mol. The van der Waals surface area contributed by atoms with Crippen molar-refractivity contribution in [3.05, 3.63) is 71.1 Å². The van der Waals surface area contributed by atoms with Crippen LogP contribution in [0, 0.1) is 30.5 Å². The minimum absolute atomic E-state index is 0.169. The molecule has 0 unspecified atom stereocenters. The molecule has 0 radical (unpaired) electrons. The number of nitrogens with zero attached hydrogens (tertiary/aromatic N) is 3. The summed E-state index contributed by atoms with van der Waals surface area (Å²) in [6.45, 7) is 5.56. The van der Waals surface area contributed by atoms with Gasteiger partial charge in [-0.15, -0.1) is 0 Å². The number of carbonyl (C=O) groups is 1. The van der Waals surface area contributed by atoms with Gasteiger partial charge in [-0.3, -0.25) is 9.78 Å². The molecule has 0 aliphatic carbocycles. The molecule has 0 bridgehead atoms. The van der Waals surface area contributed by atoms with Crippen molar-refractivity contribution in [2.45, 2.75) is 25.9 Å². The summed E-state index contributed by atoms with van der Waals surface area (Å²) in [5, 5.41) is 2.40. The smallest absolute Gasteiger partial charge is 0.381 e. The number of aromatic nitrogens is 2. The molecule has 2 aliphatic rings. The maximum Gasteiger partial charge on any atom is 0.433 e. The Hall–Kier alpha value is -4.01. The van der Waals surface area contributed by atoms with E-state index >= 15 is 0 Å². The van der Waals surface area contributed by atoms with E-state index in [-0.39, 0.29) is 17.2 Å². The zero-order valence-electron chi connectivity index (χ0n) is 22.4. The van der Waals surface area contributed by atoms with Gasteiger partial charge in [0.15, 0.2) is 0 Å². The highest BCUT2D eigenvalue weighted by Gasteiger charge is 2.33. The zero-order valence-corrected chi connectivity index (χ0v) is 22.4. The summed E-state index contributed by atoms with van der Waals surface area (Å²) in [4.78, 5) is 22.8.